The molecule has 5 aliphatic rings. The second-order valence-electron chi connectivity index (χ2n) is 34.6. The molecule has 0 heteroatoms. The van der Waals surface area contributed by atoms with Crippen LogP contribution in [0.5, 0.6) is 0 Å². The maximum absolute atomic E-state index is 2.48. The molecule has 0 heterocycles. The van der Waals surface area contributed by atoms with Gasteiger partial charge in [0.15, 0.2) is 0 Å². The molecule has 594 valence electrons. The summed E-state index contributed by atoms with van der Waals surface area (Å²) in [5.74, 6) is 0. The molecule has 0 amide bonds. The van der Waals surface area contributed by atoms with E-state index >= 15 is 0 Å². The van der Waals surface area contributed by atoms with Crippen molar-refractivity contribution >= 4 is 46.1 Å². The Bertz CT molecular complexity index is 6490. The molecule has 0 spiro atoms. The zero-order valence-electron chi connectivity index (χ0n) is 72.2. The molecule has 0 atom stereocenters. The Balaban J connectivity index is 0.000000119. The van der Waals surface area contributed by atoms with Crippen LogP contribution in [0.1, 0.15) is 187 Å². The van der Waals surface area contributed by atoms with Crippen molar-refractivity contribution in [2.24, 2.45) is 0 Å². The number of hydrogen-bond donors (Lipinski definition) is 0. The van der Waals surface area contributed by atoms with Crippen LogP contribution >= 0.6 is 0 Å². The smallest absolute Gasteiger partial charge is 0.0463 e. The van der Waals surface area contributed by atoms with Crippen molar-refractivity contribution in [1.29, 1.82) is 0 Å². The molecular formula is C122H106. The fourth-order valence-electron chi connectivity index (χ4n) is 20.1. The van der Waals surface area contributed by atoms with Gasteiger partial charge < -0.3 is 0 Å². The predicted molar refractivity (Wildman–Crippen MR) is 524 cm³/mol. The minimum absolute atomic E-state index is 0.129. The topological polar surface area (TPSA) is 0 Å². The van der Waals surface area contributed by atoms with Crippen LogP contribution in [0.4, 0.5) is 0 Å². The quantitative estimate of drug-likeness (QED) is 0.0952. The van der Waals surface area contributed by atoms with E-state index in [0.29, 0.717) is 0 Å². The number of aryl methyl sites for hydroxylation is 8. The maximum atomic E-state index is 2.48. The molecular weight excluding hydrogens is 1470 g/mol. The van der Waals surface area contributed by atoms with E-state index in [2.05, 4.69) is 445 Å². The van der Waals surface area contributed by atoms with E-state index in [0.717, 1.165) is 6.42 Å². The molecule has 122 heavy (non-hydrogen) atoms. The molecule has 0 saturated carbocycles. The van der Waals surface area contributed by atoms with Gasteiger partial charge in [-0.3, -0.25) is 0 Å². The number of fused-ring (bicyclic) bond motifs is 15. The lowest BCUT2D eigenvalue weighted by Crippen LogP contribution is -2.27. The van der Waals surface area contributed by atoms with E-state index in [1.807, 2.05) is 0 Å². The summed E-state index contributed by atoms with van der Waals surface area (Å²) in [7, 11) is 0. The summed E-state index contributed by atoms with van der Waals surface area (Å²) >= 11 is 0. The van der Waals surface area contributed by atoms with Gasteiger partial charge in [-0.2, -0.15) is 0 Å². The number of allylic oxidation sites excluding steroid dienone is 1. The first kappa shape index (κ1) is 79.6. The van der Waals surface area contributed by atoms with E-state index in [4.69, 9.17) is 0 Å². The highest BCUT2D eigenvalue weighted by molar-refractivity contribution is 6.11. The number of rotatable bonds is 14. The van der Waals surface area contributed by atoms with Crippen molar-refractivity contribution in [2.75, 3.05) is 0 Å². The molecule has 0 bridgehead atoms. The first-order valence-corrected chi connectivity index (χ1v) is 44.0. The predicted octanol–water partition coefficient (Wildman–Crippen LogP) is 33.3. The fourth-order valence-corrected chi connectivity index (χ4v) is 20.1. The van der Waals surface area contributed by atoms with E-state index in [-0.39, 0.29) is 5.41 Å². The number of benzene rings is 16. The first-order chi connectivity index (χ1) is 59.6. The number of unbranched alkanes of at least 4 members (excludes halogenated alkanes) is 5. The standard InChI is InChI=1S/C49H46.C28H22.C23H20.C22H18/c1-4-5-6-7-8-13-30-49(47-31-34(2)18-28-44(47)45-29-19-35(3)32-48(45)49)39-26-24-38(25-27-39)37-22-20-36(21-23-37)33-46-42-16-11-9-14-40(42)41-15-10-12-17-43(41)46;1-19-15-20(2)17-23(16-19)22-13-11-21(12-14-22)18-28-26-9-5-3-7-24(26)25-8-4-6-10-27(25)28;1-15-12-16(2)14-18(13-15)17(3)23-21-10-6-4-8-19(21)20-9-5-7-11-22(20)23;1-15-11-16(2)13-17(12-15)14-22-20-9-5-3-7-18(20)19-8-4-6-10-21(19)22/h9-12,14-29,31-33H,4-8,13,30H2,1-3H3;3-18H,1-2H3;4-14H,1-3H3;3-14H,1-2H3. The second kappa shape index (κ2) is 34.7. The lowest BCUT2D eigenvalue weighted by atomic mass is 9.68. The molecule has 0 aromatic heterocycles. The molecule has 0 radical (unpaired) electrons. The Morgan fingerprint density at radius 2 is 0.516 bits per heavy atom. The van der Waals surface area contributed by atoms with Gasteiger partial charge >= 0.3 is 0 Å². The molecule has 0 saturated heterocycles. The fraction of sp³-hybridized carbons (Fsp3) is 0.148. The highest BCUT2D eigenvalue weighted by Gasteiger charge is 2.44. The monoisotopic (exact) mass is 1570 g/mol. The van der Waals surface area contributed by atoms with E-state index in [1.165, 1.54) is 272 Å². The average molecular weight is 1570 g/mol. The molecule has 16 aromatic rings. The lowest BCUT2D eigenvalue weighted by Gasteiger charge is -2.34. The molecule has 5 aliphatic carbocycles. The highest BCUT2D eigenvalue weighted by Crippen LogP contribution is 2.57. The third kappa shape index (κ3) is 15.8. The Kier molecular flexibility index (Phi) is 22.6. The van der Waals surface area contributed by atoms with Crippen molar-refractivity contribution in [3.8, 4) is 77.9 Å². The highest BCUT2D eigenvalue weighted by atomic mass is 14.5. The van der Waals surface area contributed by atoms with Crippen molar-refractivity contribution in [2.45, 2.75) is 120 Å². The van der Waals surface area contributed by atoms with E-state index in [9.17, 15) is 0 Å². The zero-order chi connectivity index (χ0) is 83.5. The molecule has 21 rings (SSSR count). The molecule has 0 N–H and O–H groups in total. The minimum atomic E-state index is -0.129. The second-order valence-corrected chi connectivity index (χ2v) is 34.6. The van der Waals surface area contributed by atoms with Gasteiger partial charge in [0.25, 0.3) is 0 Å². The Labute approximate surface area is 724 Å². The van der Waals surface area contributed by atoms with Crippen molar-refractivity contribution in [1.82, 2.24) is 0 Å². The molecule has 0 aliphatic heterocycles. The Hall–Kier alpha value is -13.5. The summed E-state index contributed by atoms with van der Waals surface area (Å²) in [6.07, 6.45) is 16.0. The normalized spacial score (nSPS) is 12.6. The Morgan fingerprint density at radius 3 is 0.877 bits per heavy atom. The summed E-state index contributed by atoms with van der Waals surface area (Å²) in [5, 5.41) is 0. The lowest BCUT2D eigenvalue weighted by molar-refractivity contribution is 0.506. The average Bonchev–Trinajstić information content (AvgIpc) is 1.54. The molecule has 0 nitrogen and oxygen atoms in total. The van der Waals surface area contributed by atoms with Gasteiger partial charge in [-0.1, -0.05) is 448 Å². The largest absolute Gasteiger partial charge is 0.0654 e. The van der Waals surface area contributed by atoms with Gasteiger partial charge in [0.1, 0.15) is 0 Å². The summed E-state index contributed by atoms with van der Waals surface area (Å²) in [6.45, 7) is 22.0. The van der Waals surface area contributed by atoms with Crippen LogP contribution in [0.3, 0.4) is 0 Å². The van der Waals surface area contributed by atoms with Crippen LogP contribution in [0, 0.1) is 55.4 Å². The van der Waals surface area contributed by atoms with Gasteiger partial charge in [0.05, 0.1) is 0 Å². The first-order valence-electron chi connectivity index (χ1n) is 44.0. The maximum Gasteiger partial charge on any atom is 0.0463 e. The van der Waals surface area contributed by atoms with Gasteiger partial charge in [-0.15, -0.1) is 0 Å². The summed E-state index contributed by atoms with van der Waals surface area (Å²) in [5.41, 5.74) is 55.8. The van der Waals surface area contributed by atoms with Crippen molar-refractivity contribution in [3.63, 3.8) is 0 Å². The van der Waals surface area contributed by atoms with Gasteiger partial charge in [0.2, 0.25) is 0 Å². The van der Waals surface area contributed by atoms with Gasteiger partial charge in [-0.25, -0.2) is 0 Å². The van der Waals surface area contributed by atoms with Gasteiger partial charge in [0, 0.05) is 5.41 Å². The SMILES string of the molecule is CC(=C1c2ccccc2-c2ccccc21)c1cc(C)cc(C)c1.CCCCCCCCC1(c2ccc(-c3ccc(C=C4c5ccccc5-c5ccccc54)cc3)cc2)c2cc(C)ccc2-c2ccc(C)cc21.Cc1cc(C)cc(-c2ccc(C=C3c4ccccc4-c4ccccc43)cc2)c1.Cc1cc(C)cc(C=C2c3ccccc3-c3ccccc32)c1. The minimum Gasteiger partial charge on any atom is -0.0654 e. The van der Waals surface area contributed by atoms with Crippen LogP contribution in [-0.4, -0.2) is 0 Å². The Morgan fingerprint density at radius 1 is 0.230 bits per heavy atom. The van der Waals surface area contributed by atoms with Crippen LogP contribution in [0.15, 0.2) is 358 Å². The van der Waals surface area contributed by atoms with E-state index < -0.39 is 0 Å². The third-order valence-electron chi connectivity index (χ3n) is 25.6. The summed E-state index contributed by atoms with van der Waals surface area (Å²) in [4.78, 5) is 0. The van der Waals surface area contributed by atoms with Gasteiger partial charge in [-0.05, 0) is 276 Å². The van der Waals surface area contributed by atoms with Crippen LogP contribution in [-0.2, 0) is 5.41 Å². The molecule has 0 unspecified atom stereocenters. The summed E-state index contributed by atoms with van der Waals surface area (Å²) in [6, 6.07) is 132. The molecule has 16 aromatic carbocycles. The molecule has 0 fully saturated rings. The van der Waals surface area contributed by atoms with Crippen LogP contribution in [0.2, 0.25) is 0 Å². The summed E-state index contributed by atoms with van der Waals surface area (Å²) < 4.78 is 0. The van der Waals surface area contributed by atoms with Crippen molar-refractivity contribution in [3.05, 3.63) is 486 Å². The van der Waals surface area contributed by atoms with Crippen molar-refractivity contribution < 1.29 is 0 Å². The number of hydrogen-bond acceptors (Lipinski definition) is 0. The zero-order valence-corrected chi connectivity index (χ0v) is 72.2. The third-order valence-corrected chi connectivity index (χ3v) is 25.6. The van der Waals surface area contributed by atoms with Crippen LogP contribution in [0.25, 0.3) is 124 Å². The van der Waals surface area contributed by atoms with Crippen LogP contribution < -0.4 is 0 Å². The van der Waals surface area contributed by atoms with E-state index in [1.54, 1.807) is 0 Å².